The van der Waals surface area contributed by atoms with Crippen LogP contribution in [0.3, 0.4) is 0 Å². The maximum absolute atomic E-state index is 12.5. The van der Waals surface area contributed by atoms with E-state index in [1.165, 1.54) is 11.3 Å². The summed E-state index contributed by atoms with van der Waals surface area (Å²) in [7, 11) is -3.56. The van der Waals surface area contributed by atoms with Gasteiger partial charge in [-0.2, -0.15) is 0 Å². The molecule has 0 aromatic carbocycles. The summed E-state index contributed by atoms with van der Waals surface area (Å²) in [5.41, 5.74) is 1.30. The van der Waals surface area contributed by atoms with Gasteiger partial charge in [0.15, 0.2) is 0 Å². The Kier molecular flexibility index (Phi) is 4.97. The van der Waals surface area contributed by atoms with Crippen molar-refractivity contribution in [2.24, 2.45) is 0 Å². The number of aromatic nitrogens is 1. The van der Waals surface area contributed by atoms with Gasteiger partial charge in [-0.1, -0.05) is 6.92 Å². The Morgan fingerprint density at radius 3 is 2.71 bits per heavy atom. The number of hydrogen-bond donors (Lipinski definition) is 2. The molecule has 2 aromatic heterocycles. The topological polar surface area (TPSA) is 71.1 Å². The van der Waals surface area contributed by atoms with Gasteiger partial charge in [-0.3, -0.25) is 9.71 Å². The molecule has 0 bridgehead atoms. The van der Waals surface area contributed by atoms with Crippen LogP contribution in [0.15, 0.2) is 29.3 Å². The second-order valence-corrected chi connectivity index (χ2v) is 7.70. The molecule has 7 heteroatoms. The van der Waals surface area contributed by atoms with E-state index in [-0.39, 0.29) is 0 Å². The highest BCUT2D eigenvalue weighted by molar-refractivity contribution is 7.93. The zero-order valence-electron chi connectivity index (χ0n) is 12.3. The number of hydrogen-bond acceptors (Lipinski definition) is 5. The normalized spacial score (nSPS) is 11.6. The van der Waals surface area contributed by atoms with Crippen LogP contribution in [-0.4, -0.2) is 19.9 Å². The SMILES string of the molecule is CCNCc1cc(S(=O)(=O)Nc2ccnc(C)c2)c(C)s1. The zero-order chi connectivity index (χ0) is 15.5. The maximum atomic E-state index is 12.5. The lowest BCUT2D eigenvalue weighted by atomic mass is 10.3. The van der Waals surface area contributed by atoms with E-state index in [0.717, 1.165) is 22.0 Å². The van der Waals surface area contributed by atoms with Crippen LogP contribution in [-0.2, 0) is 16.6 Å². The number of sulfonamides is 1. The number of rotatable bonds is 6. The first-order chi connectivity index (χ1) is 9.92. The molecule has 0 aliphatic rings. The molecular weight excluding hydrogens is 306 g/mol. The van der Waals surface area contributed by atoms with Gasteiger partial charge in [-0.15, -0.1) is 11.3 Å². The molecule has 0 saturated heterocycles. The van der Waals surface area contributed by atoms with Crippen molar-refractivity contribution in [1.82, 2.24) is 10.3 Å². The van der Waals surface area contributed by atoms with Crippen LogP contribution in [0.2, 0.25) is 0 Å². The molecule has 0 aliphatic carbocycles. The predicted molar refractivity (Wildman–Crippen MR) is 86.2 cm³/mol. The van der Waals surface area contributed by atoms with Crippen molar-refractivity contribution in [1.29, 1.82) is 0 Å². The summed E-state index contributed by atoms with van der Waals surface area (Å²) in [5.74, 6) is 0. The number of aryl methyl sites for hydroxylation is 2. The van der Waals surface area contributed by atoms with E-state index in [0.29, 0.717) is 17.1 Å². The van der Waals surface area contributed by atoms with Crippen molar-refractivity contribution in [2.75, 3.05) is 11.3 Å². The Balaban J connectivity index is 2.25. The molecule has 2 rings (SSSR count). The third kappa shape index (κ3) is 4.03. The van der Waals surface area contributed by atoms with Gasteiger partial charge < -0.3 is 5.32 Å². The lowest BCUT2D eigenvalue weighted by molar-refractivity contribution is 0.601. The molecule has 0 amide bonds. The van der Waals surface area contributed by atoms with Crippen LogP contribution >= 0.6 is 11.3 Å². The summed E-state index contributed by atoms with van der Waals surface area (Å²) >= 11 is 1.50. The highest BCUT2D eigenvalue weighted by Gasteiger charge is 2.20. The highest BCUT2D eigenvalue weighted by Crippen LogP contribution is 2.27. The minimum Gasteiger partial charge on any atom is -0.312 e. The van der Waals surface area contributed by atoms with Crippen LogP contribution in [0.25, 0.3) is 0 Å². The molecule has 2 N–H and O–H groups in total. The number of anilines is 1. The van der Waals surface area contributed by atoms with E-state index in [1.807, 2.05) is 20.8 Å². The molecule has 0 spiro atoms. The van der Waals surface area contributed by atoms with Crippen LogP contribution in [0, 0.1) is 13.8 Å². The van der Waals surface area contributed by atoms with Crippen LogP contribution in [0.5, 0.6) is 0 Å². The largest absolute Gasteiger partial charge is 0.312 e. The van der Waals surface area contributed by atoms with Crippen molar-refractivity contribution >= 4 is 27.0 Å². The van der Waals surface area contributed by atoms with E-state index in [1.54, 1.807) is 24.4 Å². The minimum absolute atomic E-state index is 0.342. The van der Waals surface area contributed by atoms with E-state index < -0.39 is 10.0 Å². The van der Waals surface area contributed by atoms with Gasteiger partial charge in [-0.05, 0) is 38.6 Å². The molecular formula is C14H19N3O2S2. The fourth-order valence-electron chi connectivity index (χ4n) is 1.95. The zero-order valence-corrected chi connectivity index (χ0v) is 13.9. The summed E-state index contributed by atoms with van der Waals surface area (Å²) in [5, 5.41) is 3.20. The second-order valence-electron chi connectivity index (χ2n) is 4.70. The fourth-order valence-corrected chi connectivity index (χ4v) is 4.60. The van der Waals surface area contributed by atoms with Gasteiger partial charge in [0, 0.05) is 28.2 Å². The van der Waals surface area contributed by atoms with E-state index in [2.05, 4.69) is 15.0 Å². The smallest absolute Gasteiger partial charge is 0.263 e. The highest BCUT2D eigenvalue weighted by atomic mass is 32.2. The maximum Gasteiger partial charge on any atom is 0.263 e. The number of thiophene rings is 1. The molecule has 114 valence electrons. The predicted octanol–water partition coefficient (Wildman–Crippen LogP) is 2.67. The van der Waals surface area contributed by atoms with Crippen molar-refractivity contribution in [3.8, 4) is 0 Å². The molecule has 2 aromatic rings. The fraction of sp³-hybridized carbons (Fsp3) is 0.357. The Labute approximate surface area is 129 Å². The Morgan fingerprint density at radius 1 is 1.29 bits per heavy atom. The summed E-state index contributed by atoms with van der Waals surface area (Å²) in [6.45, 7) is 7.21. The molecule has 21 heavy (non-hydrogen) atoms. The van der Waals surface area contributed by atoms with Gasteiger partial charge in [-0.25, -0.2) is 8.42 Å². The number of nitrogens with zero attached hydrogens (tertiary/aromatic N) is 1. The average molecular weight is 325 g/mol. The Bertz CT molecular complexity index is 724. The first-order valence-electron chi connectivity index (χ1n) is 6.68. The second kappa shape index (κ2) is 6.55. The van der Waals surface area contributed by atoms with E-state index in [4.69, 9.17) is 0 Å². The Morgan fingerprint density at radius 2 is 2.05 bits per heavy atom. The third-order valence-corrected chi connectivity index (χ3v) is 5.60. The van der Waals surface area contributed by atoms with Gasteiger partial charge in [0.1, 0.15) is 4.90 Å². The van der Waals surface area contributed by atoms with Crippen molar-refractivity contribution in [3.05, 3.63) is 39.8 Å². The first-order valence-corrected chi connectivity index (χ1v) is 8.98. The van der Waals surface area contributed by atoms with Gasteiger partial charge in [0.25, 0.3) is 10.0 Å². The molecule has 2 heterocycles. The average Bonchev–Trinajstić information content (AvgIpc) is 2.78. The van der Waals surface area contributed by atoms with Crippen LogP contribution in [0.4, 0.5) is 5.69 Å². The first kappa shape index (κ1) is 15.9. The summed E-state index contributed by atoms with van der Waals surface area (Å²) in [6, 6.07) is 5.09. The van der Waals surface area contributed by atoms with Crippen LogP contribution < -0.4 is 10.0 Å². The standard InChI is InChI=1S/C14H19N3O2S2/c1-4-15-9-13-8-14(11(3)20-13)21(18,19)17-12-5-6-16-10(2)7-12/h5-8,15H,4,9H2,1-3H3,(H,16,17). The van der Waals surface area contributed by atoms with Crippen molar-refractivity contribution in [3.63, 3.8) is 0 Å². The van der Waals surface area contributed by atoms with Gasteiger partial charge in [0.05, 0.1) is 5.69 Å². The van der Waals surface area contributed by atoms with Crippen molar-refractivity contribution < 1.29 is 8.42 Å². The number of nitrogens with one attached hydrogen (secondary N) is 2. The summed E-state index contributed by atoms with van der Waals surface area (Å²) in [6.07, 6.45) is 1.59. The van der Waals surface area contributed by atoms with Crippen molar-refractivity contribution in [2.45, 2.75) is 32.2 Å². The Hall–Kier alpha value is -1.44. The lowest BCUT2D eigenvalue weighted by Gasteiger charge is -2.07. The molecule has 5 nitrogen and oxygen atoms in total. The monoisotopic (exact) mass is 325 g/mol. The molecule has 0 aliphatic heterocycles. The van der Waals surface area contributed by atoms with E-state index >= 15 is 0 Å². The third-order valence-electron chi connectivity index (χ3n) is 2.91. The number of pyridine rings is 1. The molecule has 0 unspecified atom stereocenters. The quantitative estimate of drug-likeness (QED) is 0.856. The molecule has 0 atom stereocenters. The minimum atomic E-state index is -3.56. The summed E-state index contributed by atoms with van der Waals surface area (Å²) < 4.78 is 27.6. The molecule has 0 fully saturated rings. The lowest BCUT2D eigenvalue weighted by Crippen LogP contribution is -2.13. The molecule has 0 saturated carbocycles. The molecule has 0 radical (unpaired) electrons. The summed E-state index contributed by atoms with van der Waals surface area (Å²) in [4.78, 5) is 6.21. The van der Waals surface area contributed by atoms with E-state index in [9.17, 15) is 8.42 Å². The van der Waals surface area contributed by atoms with Gasteiger partial charge in [0.2, 0.25) is 0 Å². The van der Waals surface area contributed by atoms with Gasteiger partial charge >= 0.3 is 0 Å². The van der Waals surface area contributed by atoms with Crippen LogP contribution in [0.1, 0.15) is 22.4 Å².